The van der Waals surface area contributed by atoms with E-state index in [1.807, 2.05) is 0 Å². The molecule has 0 unspecified atom stereocenters. The summed E-state index contributed by atoms with van der Waals surface area (Å²) < 4.78 is 60.8. The average Bonchev–Trinajstić information content (AvgIpc) is 2.45. The number of alkyl halides is 3. The van der Waals surface area contributed by atoms with Gasteiger partial charge in [0.2, 0.25) is 0 Å². The second-order valence-electron chi connectivity index (χ2n) is 4.50. The number of hydrogen-bond donors (Lipinski definition) is 1. The SMILES string of the molecule is CCS(=O)(=O)CC/C(N)=N/OCc1ccccc1C(F)(F)F. The number of sulfone groups is 1. The van der Waals surface area contributed by atoms with Gasteiger partial charge in [-0.05, 0) is 6.07 Å². The first-order valence-corrected chi connectivity index (χ1v) is 8.27. The van der Waals surface area contributed by atoms with Gasteiger partial charge in [-0.15, -0.1) is 0 Å². The lowest BCUT2D eigenvalue weighted by Gasteiger charge is -2.11. The highest BCUT2D eigenvalue weighted by molar-refractivity contribution is 7.91. The zero-order valence-electron chi connectivity index (χ0n) is 11.9. The van der Waals surface area contributed by atoms with Crippen LogP contribution in [0.5, 0.6) is 0 Å². The molecule has 0 saturated carbocycles. The maximum Gasteiger partial charge on any atom is 0.416 e. The zero-order chi connectivity index (χ0) is 16.8. The van der Waals surface area contributed by atoms with Gasteiger partial charge in [0.1, 0.15) is 22.3 Å². The van der Waals surface area contributed by atoms with Crippen molar-refractivity contribution in [3.05, 3.63) is 35.4 Å². The summed E-state index contributed by atoms with van der Waals surface area (Å²) in [4.78, 5) is 4.78. The maximum absolute atomic E-state index is 12.7. The summed E-state index contributed by atoms with van der Waals surface area (Å²) in [6.07, 6.45) is -4.51. The second-order valence-corrected chi connectivity index (χ2v) is 6.97. The largest absolute Gasteiger partial charge is 0.416 e. The van der Waals surface area contributed by atoms with E-state index in [9.17, 15) is 21.6 Å². The summed E-state index contributed by atoms with van der Waals surface area (Å²) in [7, 11) is -3.18. The summed E-state index contributed by atoms with van der Waals surface area (Å²) in [5.41, 5.74) is 4.58. The van der Waals surface area contributed by atoms with Crippen LogP contribution in [0.15, 0.2) is 29.4 Å². The minimum absolute atomic E-state index is 0.0138. The third-order valence-electron chi connectivity index (χ3n) is 2.83. The Bertz CT molecular complexity index is 628. The Morgan fingerprint density at radius 3 is 2.55 bits per heavy atom. The standard InChI is InChI=1S/C13H17F3N2O3S/c1-2-22(19,20)8-7-12(17)18-21-9-10-5-3-4-6-11(10)13(14,15)16/h3-6H,2,7-9H2,1H3,(H2,17,18). The van der Waals surface area contributed by atoms with Crippen LogP contribution in [0, 0.1) is 0 Å². The number of hydrogen-bond acceptors (Lipinski definition) is 4. The molecule has 0 atom stereocenters. The van der Waals surface area contributed by atoms with Crippen LogP contribution >= 0.6 is 0 Å². The highest BCUT2D eigenvalue weighted by Crippen LogP contribution is 2.32. The molecule has 1 rings (SSSR count). The number of oxime groups is 1. The number of rotatable bonds is 7. The van der Waals surface area contributed by atoms with Crippen LogP contribution in [0.2, 0.25) is 0 Å². The van der Waals surface area contributed by atoms with Crippen LogP contribution in [0.25, 0.3) is 0 Å². The highest BCUT2D eigenvalue weighted by atomic mass is 32.2. The first-order valence-electron chi connectivity index (χ1n) is 6.45. The van der Waals surface area contributed by atoms with Crippen molar-refractivity contribution in [2.75, 3.05) is 11.5 Å². The third kappa shape index (κ3) is 5.92. The molecule has 1 aromatic rings. The molecule has 9 heteroatoms. The number of halogens is 3. The summed E-state index contributed by atoms with van der Waals surface area (Å²) in [6, 6.07) is 4.95. The second kappa shape index (κ2) is 7.48. The molecule has 0 spiro atoms. The van der Waals surface area contributed by atoms with Gasteiger partial charge in [-0.2, -0.15) is 13.2 Å². The van der Waals surface area contributed by atoms with Crippen molar-refractivity contribution in [3.63, 3.8) is 0 Å². The van der Waals surface area contributed by atoms with Crippen molar-refractivity contribution in [3.8, 4) is 0 Å². The average molecular weight is 338 g/mol. The molecule has 5 nitrogen and oxygen atoms in total. The van der Waals surface area contributed by atoms with Crippen LogP contribution < -0.4 is 5.73 Å². The van der Waals surface area contributed by atoms with Gasteiger partial charge in [0.05, 0.1) is 11.3 Å². The predicted octanol–water partition coefficient (Wildman–Crippen LogP) is 2.32. The lowest BCUT2D eigenvalue weighted by Crippen LogP contribution is -2.19. The summed E-state index contributed by atoms with van der Waals surface area (Å²) >= 11 is 0. The van der Waals surface area contributed by atoms with Crippen LogP contribution in [0.4, 0.5) is 13.2 Å². The number of nitrogens with two attached hydrogens (primary N) is 1. The highest BCUT2D eigenvalue weighted by Gasteiger charge is 2.32. The minimum Gasteiger partial charge on any atom is -0.389 e. The summed E-state index contributed by atoms with van der Waals surface area (Å²) in [6.45, 7) is 1.10. The fraction of sp³-hybridized carbons (Fsp3) is 0.462. The lowest BCUT2D eigenvalue weighted by molar-refractivity contribution is -0.138. The monoisotopic (exact) mass is 338 g/mol. The topological polar surface area (TPSA) is 81.8 Å². The van der Waals surface area contributed by atoms with Gasteiger partial charge in [0.25, 0.3) is 0 Å². The Morgan fingerprint density at radius 1 is 1.32 bits per heavy atom. The summed E-state index contributed by atoms with van der Waals surface area (Å²) in [5, 5.41) is 3.44. The molecule has 1 aromatic carbocycles. The van der Waals surface area contributed by atoms with Crippen molar-refractivity contribution < 1.29 is 26.4 Å². The van der Waals surface area contributed by atoms with Gasteiger partial charge in [-0.3, -0.25) is 0 Å². The Labute approximate surface area is 126 Å². The molecule has 0 aliphatic rings. The van der Waals surface area contributed by atoms with E-state index in [4.69, 9.17) is 10.6 Å². The lowest BCUT2D eigenvalue weighted by atomic mass is 10.1. The molecular formula is C13H17F3N2O3S. The molecule has 0 fully saturated rings. The molecule has 0 saturated heterocycles. The first kappa shape index (κ1) is 18.3. The third-order valence-corrected chi connectivity index (χ3v) is 4.54. The van der Waals surface area contributed by atoms with Crippen molar-refractivity contribution in [1.82, 2.24) is 0 Å². The molecule has 0 aliphatic heterocycles. The number of benzene rings is 1. The van der Waals surface area contributed by atoms with E-state index in [-0.39, 0.29) is 29.3 Å². The van der Waals surface area contributed by atoms with E-state index >= 15 is 0 Å². The Balaban J connectivity index is 2.62. The summed E-state index contributed by atoms with van der Waals surface area (Å²) in [5.74, 6) is -0.275. The molecule has 22 heavy (non-hydrogen) atoms. The van der Waals surface area contributed by atoms with E-state index < -0.39 is 28.2 Å². The number of nitrogens with zero attached hydrogens (tertiary/aromatic N) is 1. The minimum atomic E-state index is -4.48. The molecule has 0 radical (unpaired) electrons. The van der Waals surface area contributed by atoms with Crippen LogP contribution in [-0.4, -0.2) is 25.8 Å². The zero-order valence-corrected chi connectivity index (χ0v) is 12.7. The van der Waals surface area contributed by atoms with Gasteiger partial charge >= 0.3 is 6.18 Å². The van der Waals surface area contributed by atoms with Crippen LogP contribution in [-0.2, 0) is 27.5 Å². The van der Waals surface area contributed by atoms with E-state index in [1.165, 1.54) is 25.1 Å². The normalized spacial score (nSPS) is 13.2. The van der Waals surface area contributed by atoms with Gasteiger partial charge in [0.15, 0.2) is 0 Å². The van der Waals surface area contributed by atoms with E-state index in [1.54, 1.807) is 0 Å². The molecular weight excluding hydrogens is 321 g/mol. The Kier molecular flexibility index (Phi) is 6.21. The first-order chi connectivity index (χ1) is 10.2. The molecule has 0 heterocycles. The maximum atomic E-state index is 12.7. The van der Waals surface area contributed by atoms with Crippen molar-refractivity contribution in [2.24, 2.45) is 10.9 Å². The fourth-order valence-corrected chi connectivity index (χ4v) is 2.37. The predicted molar refractivity (Wildman–Crippen MR) is 76.8 cm³/mol. The molecule has 0 amide bonds. The van der Waals surface area contributed by atoms with E-state index in [2.05, 4.69) is 5.16 Å². The molecule has 2 N–H and O–H groups in total. The molecule has 0 aromatic heterocycles. The Hall–Kier alpha value is -1.77. The van der Waals surface area contributed by atoms with Gasteiger partial charge < -0.3 is 10.6 Å². The Morgan fingerprint density at radius 2 is 1.95 bits per heavy atom. The van der Waals surface area contributed by atoms with Crippen molar-refractivity contribution >= 4 is 15.7 Å². The van der Waals surface area contributed by atoms with E-state index in [0.717, 1.165) is 6.07 Å². The number of amidine groups is 1. The van der Waals surface area contributed by atoms with E-state index in [0.29, 0.717) is 0 Å². The molecule has 0 aliphatic carbocycles. The quantitative estimate of drug-likeness (QED) is 0.470. The van der Waals surface area contributed by atoms with Gasteiger partial charge in [-0.1, -0.05) is 30.3 Å². The molecule has 0 bridgehead atoms. The van der Waals surface area contributed by atoms with Gasteiger partial charge in [-0.25, -0.2) is 8.42 Å². The van der Waals surface area contributed by atoms with Crippen molar-refractivity contribution in [2.45, 2.75) is 26.1 Å². The fourth-order valence-electron chi connectivity index (χ4n) is 1.56. The smallest absolute Gasteiger partial charge is 0.389 e. The van der Waals surface area contributed by atoms with Crippen LogP contribution in [0.1, 0.15) is 24.5 Å². The van der Waals surface area contributed by atoms with Gasteiger partial charge in [0, 0.05) is 17.7 Å². The van der Waals surface area contributed by atoms with Crippen LogP contribution in [0.3, 0.4) is 0 Å². The molecule has 124 valence electrons. The van der Waals surface area contributed by atoms with Crippen molar-refractivity contribution in [1.29, 1.82) is 0 Å².